The molecule has 182 valence electrons. The Morgan fingerprint density at radius 2 is 1.37 bits per heavy atom. The molecule has 0 saturated carbocycles. The monoisotopic (exact) mass is 531 g/mol. The normalized spacial score (nSPS) is 18.8. The van der Waals surface area contributed by atoms with Gasteiger partial charge in [0.15, 0.2) is 17.3 Å². The molecule has 2 aliphatic carbocycles. The molecule has 0 fully saturated rings. The molecular weight excluding hydrogens is 509 g/mol. The highest BCUT2D eigenvalue weighted by atomic mass is 35.5. The van der Waals surface area contributed by atoms with Crippen molar-refractivity contribution >= 4 is 44.9 Å². The molecule has 3 aliphatic rings. The summed E-state index contributed by atoms with van der Waals surface area (Å²) in [7, 11) is -4.17. The van der Waals surface area contributed by atoms with Crippen molar-refractivity contribution in [2.24, 2.45) is 0 Å². The molecule has 1 N–H and O–H groups in total. The molecule has 2 aromatic carbocycles. The Morgan fingerprint density at radius 1 is 0.857 bits per heavy atom. The van der Waals surface area contributed by atoms with Crippen LogP contribution in [0.5, 0.6) is 5.75 Å². The fourth-order valence-electron chi connectivity index (χ4n) is 5.01. The van der Waals surface area contributed by atoms with E-state index in [9.17, 15) is 18.0 Å². The predicted octanol–water partition coefficient (Wildman–Crippen LogP) is 5.77. The molecule has 35 heavy (non-hydrogen) atoms. The molecule has 6 nitrogen and oxygen atoms in total. The number of benzene rings is 2. The van der Waals surface area contributed by atoms with Gasteiger partial charge < -0.3 is 9.50 Å². The maximum Gasteiger partial charge on any atom is 0.339 e. The number of allylic oxidation sites excluding steroid dienone is 4. The number of carbonyl (C=O) groups excluding carboxylic acids is 2. The number of rotatable bonds is 4. The molecule has 0 aromatic heterocycles. The molecule has 9 heteroatoms. The SMILES string of the molecule is Cc1ccc(S(=O)(=O)Oc2c(Cl)cc(C3C4=C(CCCC4=O)NC4=C3C(=O)CCC4)cc2Cl)cc1. The molecule has 0 amide bonds. The number of dihydropyridines is 1. The van der Waals surface area contributed by atoms with Crippen LogP contribution in [0.2, 0.25) is 10.0 Å². The van der Waals surface area contributed by atoms with Crippen molar-refractivity contribution in [3.63, 3.8) is 0 Å². The maximum atomic E-state index is 13.0. The summed E-state index contributed by atoms with van der Waals surface area (Å²) in [4.78, 5) is 26.0. The Balaban J connectivity index is 1.58. The highest BCUT2D eigenvalue weighted by Gasteiger charge is 2.40. The van der Waals surface area contributed by atoms with Gasteiger partial charge in [0, 0.05) is 41.3 Å². The lowest BCUT2D eigenvalue weighted by molar-refractivity contribution is -0.117. The van der Waals surface area contributed by atoms with E-state index < -0.39 is 16.0 Å². The van der Waals surface area contributed by atoms with E-state index in [4.69, 9.17) is 27.4 Å². The summed E-state index contributed by atoms with van der Waals surface area (Å²) < 4.78 is 31.0. The van der Waals surface area contributed by atoms with Crippen molar-refractivity contribution in [2.45, 2.75) is 56.3 Å². The second kappa shape index (κ2) is 9.12. The fourth-order valence-corrected chi connectivity index (χ4v) is 6.64. The van der Waals surface area contributed by atoms with Crippen molar-refractivity contribution in [1.82, 2.24) is 5.32 Å². The van der Waals surface area contributed by atoms with Gasteiger partial charge in [-0.3, -0.25) is 9.59 Å². The average Bonchev–Trinajstić information content (AvgIpc) is 2.81. The molecule has 0 spiro atoms. The molecule has 0 saturated heterocycles. The van der Waals surface area contributed by atoms with Gasteiger partial charge in [-0.1, -0.05) is 40.9 Å². The zero-order chi connectivity index (χ0) is 24.9. The van der Waals surface area contributed by atoms with Crippen molar-refractivity contribution in [2.75, 3.05) is 0 Å². The van der Waals surface area contributed by atoms with Gasteiger partial charge in [0.1, 0.15) is 4.90 Å². The molecule has 0 bridgehead atoms. The van der Waals surface area contributed by atoms with Gasteiger partial charge in [0.05, 0.1) is 10.0 Å². The Bertz CT molecular complexity index is 1360. The van der Waals surface area contributed by atoms with E-state index in [-0.39, 0.29) is 32.3 Å². The number of halogens is 2. The number of ketones is 2. The molecule has 0 radical (unpaired) electrons. The van der Waals surface area contributed by atoms with E-state index in [1.54, 1.807) is 24.3 Å². The van der Waals surface area contributed by atoms with Crippen molar-refractivity contribution in [1.29, 1.82) is 0 Å². The van der Waals surface area contributed by atoms with Crippen LogP contribution in [0.3, 0.4) is 0 Å². The van der Waals surface area contributed by atoms with Crippen LogP contribution < -0.4 is 9.50 Å². The van der Waals surface area contributed by atoms with Crippen LogP contribution in [-0.4, -0.2) is 20.0 Å². The van der Waals surface area contributed by atoms with Crippen LogP contribution in [0.4, 0.5) is 0 Å². The Morgan fingerprint density at radius 3 is 1.89 bits per heavy atom. The summed E-state index contributed by atoms with van der Waals surface area (Å²) >= 11 is 13.0. The lowest BCUT2D eigenvalue weighted by Crippen LogP contribution is -2.36. The molecule has 2 aromatic rings. The molecular formula is C26H23Cl2NO5S. The first kappa shape index (κ1) is 24.1. The van der Waals surface area contributed by atoms with Crippen molar-refractivity contribution in [3.05, 3.63) is 80.1 Å². The highest BCUT2D eigenvalue weighted by molar-refractivity contribution is 7.87. The number of aryl methyl sites for hydroxylation is 1. The fraction of sp³-hybridized carbons (Fsp3) is 0.308. The summed E-state index contributed by atoms with van der Waals surface area (Å²) in [6, 6.07) is 9.31. The van der Waals surface area contributed by atoms with Crippen LogP contribution in [0.15, 0.2) is 63.8 Å². The first-order valence-electron chi connectivity index (χ1n) is 11.5. The lowest BCUT2D eigenvalue weighted by Gasteiger charge is -2.37. The first-order chi connectivity index (χ1) is 16.7. The summed E-state index contributed by atoms with van der Waals surface area (Å²) in [5, 5.41) is 3.33. The van der Waals surface area contributed by atoms with E-state index >= 15 is 0 Å². The van der Waals surface area contributed by atoms with Crippen LogP contribution in [0, 0.1) is 6.92 Å². The van der Waals surface area contributed by atoms with Gasteiger partial charge in [-0.2, -0.15) is 8.42 Å². The molecule has 0 unspecified atom stereocenters. The second-order valence-corrected chi connectivity index (χ2v) is 11.4. The minimum absolute atomic E-state index is 0.0109. The first-order valence-corrected chi connectivity index (χ1v) is 13.6. The average molecular weight is 532 g/mol. The molecule has 1 heterocycles. The van der Waals surface area contributed by atoms with Crippen LogP contribution in [0.1, 0.15) is 55.6 Å². The number of hydrogen-bond acceptors (Lipinski definition) is 6. The molecule has 5 rings (SSSR count). The molecule has 1 aliphatic heterocycles. The molecule has 0 atom stereocenters. The predicted molar refractivity (Wildman–Crippen MR) is 133 cm³/mol. The van der Waals surface area contributed by atoms with Crippen LogP contribution in [-0.2, 0) is 19.7 Å². The zero-order valence-electron chi connectivity index (χ0n) is 19.0. The number of carbonyl (C=O) groups is 2. The lowest BCUT2D eigenvalue weighted by atomic mass is 9.71. The van der Waals surface area contributed by atoms with Gasteiger partial charge in [-0.15, -0.1) is 0 Å². The van der Waals surface area contributed by atoms with E-state index in [2.05, 4.69) is 5.32 Å². The zero-order valence-corrected chi connectivity index (χ0v) is 21.3. The minimum Gasteiger partial charge on any atom is -0.376 e. The summed E-state index contributed by atoms with van der Waals surface area (Å²) in [5.41, 5.74) is 4.29. The van der Waals surface area contributed by atoms with E-state index in [0.29, 0.717) is 29.6 Å². The summed E-state index contributed by atoms with van der Waals surface area (Å²) in [6.07, 6.45) is 3.76. The van der Waals surface area contributed by atoms with Gasteiger partial charge in [-0.25, -0.2) is 0 Å². The smallest absolute Gasteiger partial charge is 0.339 e. The maximum absolute atomic E-state index is 13.0. The van der Waals surface area contributed by atoms with Crippen LogP contribution in [0.25, 0.3) is 0 Å². The summed E-state index contributed by atoms with van der Waals surface area (Å²) in [6.45, 7) is 1.85. The topological polar surface area (TPSA) is 89.5 Å². The Kier molecular flexibility index (Phi) is 6.28. The van der Waals surface area contributed by atoms with Gasteiger partial charge in [-0.05, 0) is 62.4 Å². The third kappa shape index (κ3) is 4.41. The van der Waals surface area contributed by atoms with Crippen molar-refractivity contribution in [3.8, 4) is 5.75 Å². The Hall–Kier alpha value is -2.61. The standard InChI is InChI=1S/C26H23Cl2NO5S/c1-14-8-10-16(11-9-14)35(32,33)34-26-17(27)12-15(13-18(26)28)23-24-19(4-2-6-21(24)30)29-20-5-3-7-22(31)25(20)23/h8-13,23,29H,2-7H2,1H3. The quantitative estimate of drug-likeness (QED) is 0.503. The van der Waals surface area contributed by atoms with E-state index in [1.165, 1.54) is 12.1 Å². The third-order valence-electron chi connectivity index (χ3n) is 6.65. The van der Waals surface area contributed by atoms with Gasteiger partial charge >= 0.3 is 10.1 Å². The highest BCUT2D eigenvalue weighted by Crippen LogP contribution is 2.47. The third-order valence-corrected chi connectivity index (χ3v) is 8.45. The second-order valence-electron chi connectivity index (χ2n) is 9.06. The minimum atomic E-state index is -4.17. The van der Waals surface area contributed by atoms with Crippen LogP contribution >= 0.6 is 23.2 Å². The number of hydrogen-bond donors (Lipinski definition) is 1. The van der Waals surface area contributed by atoms with E-state index in [0.717, 1.165) is 42.6 Å². The van der Waals surface area contributed by atoms with Crippen molar-refractivity contribution < 1.29 is 22.2 Å². The number of nitrogens with one attached hydrogen (secondary N) is 1. The van der Waals surface area contributed by atoms with E-state index in [1.807, 2.05) is 6.92 Å². The largest absolute Gasteiger partial charge is 0.376 e. The van der Waals surface area contributed by atoms with Gasteiger partial charge in [0.25, 0.3) is 0 Å². The Labute approximate surface area is 214 Å². The summed E-state index contributed by atoms with van der Waals surface area (Å²) in [5.74, 6) is -0.814. The number of Topliss-reactive ketones (excluding diaryl/α,β-unsaturated/α-hetero) is 2. The van der Waals surface area contributed by atoms with Gasteiger partial charge in [0.2, 0.25) is 0 Å².